The van der Waals surface area contributed by atoms with Gasteiger partial charge in [-0.2, -0.15) is 0 Å². The van der Waals surface area contributed by atoms with Crippen LogP contribution in [0.5, 0.6) is 0 Å². The zero-order valence-electron chi connectivity index (χ0n) is 10.4. The summed E-state index contributed by atoms with van der Waals surface area (Å²) in [6.45, 7) is 8.35. The molecular formula is C12H25NO2. The van der Waals surface area contributed by atoms with E-state index in [-0.39, 0.29) is 18.6 Å². The van der Waals surface area contributed by atoms with E-state index in [9.17, 15) is 4.79 Å². The van der Waals surface area contributed by atoms with E-state index in [0.717, 1.165) is 12.8 Å². The molecule has 0 bridgehead atoms. The summed E-state index contributed by atoms with van der Waals surface area (Å²) in [5, 5.41) is 12.0. The van der Waals surface area contributed by atoms with Crippen molar-refractivity contribution in [3.8, 4) is 0 Å². The van der Waals surface area contributed by atoms with Gasteiger partial charge in [0, 0.05) is 6.42 Å². The molecule has 2 unspecified atom stereocenters. The maximum atomic E-state index is 11.5. The first-order chi connectivity index (χ1) is 6.99. The highest BCUT2D eigenvalue weighted by Crippen LogP contribution is 2.08. The molecule has 2 atom stereocenters. The van der Waals surface area contributed by atoms with Crippen molar-refractivity contribution in [2.24, 2.45) is 11.8 Å². The van der Waals surface area contributed by atoms with E-state index in [1.54, 1.807) is 0 Å². The standard InChI is InChI=1S/C12H25NO2/c1-5-10(4)7-12(15)13-11(8-14)6-9(2)3/h9-11,14H,5-8H2,1-4H3,(H,13,15). The molecule has 1 amide bonds. The Hall–Kier alpha value is -0.570. The largest absolute Gasteiger partial charge is 0.394 e. The lowest BCUT2D eigenvalue weighted by Crippen LogP contribution is -2.38. The first kappa shape index (κ1) is 14.4. The van der Waals surface area contributed by atoms with Gasteiger partial charge in [-0.15, -0.1) is 0 Å². The molecule has 0 radical (unpaired) electrons. The molecule has 0 aromatic rings. The monoisotopic (exact) mass is 215 g/mol. The molecule has 0 fully saturated rings. The average Bonchev–Trinajstić information content (AvgIpc) is 2.15. The Balaban J connectivity index is 3.90. The second-order valence-electron chi connectivity index (χ2n) is 4.79. The lowest BCUT2D eigenvalue weighted by atomic mass is 10.0. The number of amides is 1. The van der Waals surface area contributed by atoms with Gasteiger partial charge in [-0.25, -0.2) is 0 Å². The predicted octanol–water partition coefficient (Wildman–Crippen LogP) is 1.95. The Kier molecular flexibility index (Phi) is 7.39. The molecule has 0 aromatic heterocycles. The summed E-state index contributed by atoms with van der Waals surface area (Å²) in [5.41, 5.74) is 0. The summed E-state index contributed by atoms with van der Waals surface area (Å²) in [5.74, 6) is 0.971. The van der Waals surface area contributed by atoms with Gasteiger partial charge in [0.05, 0.1) is 12.6 Å². The Morgan fingerprint density at radius 2 is 1.93 bits per heavy atom. The lowest BCUT2D eigenvalue weighted by molar-refractivity contribution is -0.123. The van der Waals surface area contributed by atoms with E-state index in [4.69, 9.17) is 5.11 Å². The molecule has 0 saturated carbocycles. The Morgan fingerprint density at radius 1 is 1.33 bits per heavy atom. The van der Waals surface area contributed by atoms with Gasteiger partial charge in [-0.3, -0.25) is 4.79 Å². The molecule has 0 aliphatic heterocycles. The average molecular weight is 215 g/mol. The first-order valence-corrected chi connectivity index (χ1v) is 5.89. The third kappa shape index (κ3) is 7.37. The summed E-state index contributed by atoms with van der Waals surface area (Å²) < 4.78 is 0. The third-order valence-electron chi connectivity index (χ3n) is 2.57. The van der Waals surface area contributed by atoms with Crippen molar-refractivity contribution in [2.75, 3.05) is 6.61 Å². The Morgan fingerprint density at radius 3 is 2.33 bits per heavy atom. The summed E-state index contributed by atoms with van der Waals surface area (Å²) in [6, 6.07) is -0.0819. The van der Waals surface area contributed by atoms with Crippen LogP contribution < -0.4 is 5.32 Å². The summed E-state index contributed by atoms with van der Waals surface area (Å²) in [6.07, 6.45) is 2.41. The fourth-order valence-corrected chi connectivity index (χ4v) is 1.50. The number of carbonyl (C=O) groups is 1. The van der Waals surface area contributed by atoms with Crippen molar-refractivity contribution in [3.63, 3.8) is 0 Å². The molecular weight excluding hydrogens is 190 g/mol. The van der Waals surface area contributed by atoms with Gasteiger partial charge in [-0.05, 0) is 18.3 Å². The first-order valence-electron chi connectivity index (χ1n) is 5.89. The molecule has 0 rings (SSSR count). The van der Waals surface area contributed by atoms with Crippen LogP contribution in [0.3, 0.4) is 0 Å². The summed E-state index contributed by atoms with van der Waals surface area (Å²) in [4.78, 5) is 11.5. The molecule has 90 valence electrons. The molecule has 0 spiro atoms. The van der Waals surface area contributed by atoms with Crippen molar-refractivity contribution in [1.29, 1.82) is 0 Å². The molecule has 0 aromatic carbocycles. The molecule has 0 saturated heterocycles. The number of nitrogens with one attached hydrogen (secondary N) is 1. The Labute approximate surface area is 93.3 Å². The van der Waals surface area contributed by atoms with Gasteiger partial charge in [0.25, 0.3) is 0 Å². The molecule has 15 heavy (non-hydrogen) atoms. The van der Waals surface area contributed by atoms with E-state index in [1.807, 2.05) is 0 Å². The Bertz CT molecular complexity index is 180. The van der Waals surface area contributed by atoms with Crippen molar-refractivity contribution < 1.29 is 9.90 Å². The van der Waals surface area contributed by atoms with Crippen LogP contribution in [0, 0.1) is 11.8 Å². The summed E-state index contributed by atoms with van der Waals surface area (Å²) in [7, 11) is 0. The maximum absolute atomic E-state index is 11.5. The van der Waals surface area contributed by atoms with Crippen LogP contribution in [-0.4, -0.2) is 23.7 Å². The number of aliphatic hydroxyl groups excluding tert-OH is 1. The van der Waals surface area contributed by atoms with E-state index < -0.39 is 0 Å². The normalized spacial score (nSPS) is 15.1. The number of carbonyl (C=O) groups excluding carboxylic acids is 1. The van der Waals surface area contributed by atoms with Crippen LogP contribution in [0.15, 0.2) is 0 Å². The molecule has 0 heterocycles. The number of hydrogen-bond acceptors (Lipinski definition) is 2. The molecule has 3 heteroatoms. The highest BCUT2D eigenvalue weighted by molar-refractivity contribution is 5.76. The van der Waals surface area contributed by atoms with Gasteiger partial charge in [-0.1, -0.05) is 34.1 Å². The second kappa shape index (κ2) is 7.69. The van der Waals surface area contributed by atoms with Crippen LogP contribution in [0.2, 0.25) is 0 Å². The number of rotatable bonds is 7. The topological polar surface area (TPSA) is 49.3 Å². The minimum atomic E-state index is -0.0819. The minimum Gasteiger partial charge on any atom is -0.394 e. The van der Waals surface area contributed by atoms with Crippen LogP contribution >= 0.6 is 0 Å². The SMILES string of the molecule is CCC(C)CC(=O)NC(CO)CC(C)C. The van der Waals surface area contributed by atoms with E-state index in [1.165, 1.54) is 0 Å². The van der Waals surface area contributed by atoms with Gasteiger partial charge in [0.1, 0.15) is 0 Å². The zero-order chi connectivity index (χ0) is 11.8. The van der Waals surface area contributed by atoms with Crippen molar-refractivity contribution in [2.45, 2.75) is 53.0 Å². The van der Waals surface area contributed by atoms with E-state index >= 15 is 0 Å². The quantitative estimate of drug-likeness (QED) is 0.682. The smallest absolute Gasteiger partial charge is 0.220 e. The van der Waals surface area contributed by atoms with Crippen molar-refractivity contribution >= 4 is 5.91 Å². The van der Waals surface area contributed by atoms with Crippen LogP contribution in [0.4, 0.5) is 0 Å². The fraction of sp³-hybridized carbons (Fsp3) is 0.917. The third-order valence-corrected chi connectivity index (χ3v) is 2.57. The van der Waals surface area contributed by atoms with Crippen molar-refractivity contribution in [1.82, 2.24) is 5.32 Å². The molecule has 0 aliphatic carbocycles. The fourth-order valence-electron chi connectivity index (χ4n) is 1.50. The minimum absolute atomic E-state index is 0.0322. The zero-order valence-corrected chi connectivity index (χ0v) is 10.4. The van der Waals surface area contributed by atoms with Gasteiger partial charge >= 0.3 is 0 Å². The van der Waals surface area contributed by atoms with Crippen molar-refractivity contribution in [3.05, 3.63) is 0 Å². The van der Waals surface area contributed by atoms with Gasteiger partial charge in [0.2, 0.25) is 5.91 Å². The van der Waals surface area contributed by atoms with Crippen LogP contribution in [0.1, 0.15) is 47.0 Å². The number of hydrogen-bond donors (Lipinski definition) is 2. The van der Waals surface area contributed by atoms with Crippen LogP contribution in [0.25, 0.3) is 0 Å². The lowest BCUT2D eigenvalue weighted by Gasteiger charge is -2.19. The van der Waals surface area contributed by atoms with E-state index in [0.29, 0.717) is 18.3 Å². The predicted molar refractivity (Wildman–Crippen MR) is 62.5 cm³/mol. The molecule has 2 N–H and O–H groups in total. The highest BCUT2D eigenvalue weighted by Gasteiger charge is 2.14. The molecule has 0 aliphatic rings. The molecule has 3 nitrogen and oxygen atoms in total. The highest BCUT2D eigenvalue weighted by atomic mass is 16.3. The van der Waals surface area contributed by atoms with Gasteiger partial charge < -0.3 is 10.4 Å². The van der Waals surface area contributed by atoms with Gasteiger partial charge in [0.15, 0.2) is 0 Å². The number of aliphatic hydroxyl groups is 1. The van der Waals surface area contributed by atoms with Crippen LogP contribution in [-0.2, 0) is 4.79 Å². The summed E-state index contributed by atoms with van der Waals surface area (Å²) >= 11 is 0. The maximum Gasteiger partial charge on any atom is 0.220 e. The second-order valence-corrected chi connectivity index (χ2v) is 4.79. The van der Waals surface area contributed by atoms with E-state index in [2.05, 4.69) is 33.0 Å².